The summed E-state index contributed by atoms with van der Waals surface area (Å²) in [6.07, 6.45) is 95.2. The molecule has 606 valence electrons. The van der Waals surface area contributed by atoms with Gasteiger partial charge in [-0.1, -0.05) is 341 Å². The second kappa shape index (κ2) is 79.5. The first kappa shape index (κ1) is 101. The number of hydrogen-bond acceptors (Lipinski definition) is 14. The number of hydrogen-bond donors (Lipinski definition) is 4. The van der Waals surface area contributed by atoms with Crippen LogP contribution in [0.25, 0.3) is 0 Å². The molecule has 0 aromatic carbocycles. The highest BCUT2D eigenvalue weighted by Gasteiger charge is 2.29. The summed E-state index contributed by atoms with van der Waals surface area (Å²) in [6, 6.07) is 0. The van der Waals surface area contributed by atoms with Crippen molar-refractivity contribution in [1.82, 2.24) is 0 Å². The van der Waals surface area contributed by atoms with Gasteiger partial charge in [0.05, 0.1) is 26.4 Å². The molecule has 4 N–H and O–H groups in total. The fraction of sp³-hybridized carbons (Fsp3) is 0.736. The zero-order chi connectivity index (χ0) is 76.6. The van der Waals surface area contributed by atoms with Gasteiger partial charge in [-0.2, -0.15) is 0 Å². The number of phosphoric acid groups is 2. The zero-order valence-electron chi connectivity index (χ0n) is 66.4. The number of unbranched alkanes of at least 4 members (excludes halogenated alkanes) is 36. The zero-order valence-corrected chi connectivity index (χ0v) is 68.2. The van der Waals surface area contributed by atoms with Crippen molar-refractivity contribution in [2.75, 3.05) is 39.6 Å². The van der Waals surface area contributed by atoms with E-state index in [9.17, 15) is 43.5 Å². The van der Waals surface area contributed by atoms with Gasteiger partial charge >= 0.3 is 33.6 Å². The molecule has 5 atom stereocenters. The number of phosphoric ester groups is 2. The number of aliphatic hydroxyl groups excluding tert-OH is 2. The van der Waals surface area contributed by atoms with Crippen molar-refractivity contribution >= 4 is 33.6 Å². The summed E-state index contributed by atoms with van der Waals surface area (Å²) in [5, 5.41) is 20.7. The van der Waals surface area contributed by atoms with Crippen LogP contribution in [0.2, 0.25) is 0 Å². The molecule has 0 saturated carbocycles. The number of allylic oxidation sites excluding steroid dienone is 20. The molecule has 0 radical (unpaired) electrons. The van der Waals surface area contributed by atoms with E-state index in [1.54, 1.807) is 0 Å². The Balaban J connectivity index is 4.56. The van der Waals surface area contributed by atoms with E-state index < -0.39 is 91.5 Å². The van der Waals surface area contributed by atoms with Gasteiger partial charge in [0.15, 0.2) is 6.10 Å². The topological polar surface area (TPSA) is 231 Å². The van der Waals surface area contributed by atoms with E-state index in [-0.39, 0.29) is 19.3 Å². The van der Waals surface area contributed by atoms with E-state index in [1.165, 1.54) is 148 Å². The van der Waals surface area contributed by atoms with Crippen LogP contribution in [0.15, 0.2) is 122 Å². The Hall–Kier alpha value is -4.05. The number of carbonyl (C=O) groups excluding carboxylic acids is 3. The Kier molecular flexibility index (Phi) is 76.4. The minimum Gasteiger partial charge on any atom is -0.463 e. The molecule has 0 aliphatic rings. The fourth-order valence-electron chi connectivity index (χ4n) is 11.3. The molecule has 0 bridgehead atoms. The molecule has 0 amide bonds. The predicted octanol–water partition coefficient (Wildman–Crippen LogP) is 24.9. The Morgan fingerprint density at radius 2 is 0.505 bits per heavy atom. The molecule has 0 aliphatic carbocycles. The van der Waals surface area contributed by atoms with Crippen molar-refractivity contribution in [2.45, 2.75) is 373 Å². The molecule has 0 heterocycles. The van der Waals surface area contributed by atoms with Crippen LogP contribution in [0.4, 0.5) is 0 Å². The van der Waals surface area contributed by atoms with Crippen molar-refractivity contribution in [3.8, 4) is 0 Å². The Labute approximate surface area is 640 Å². The summed E-state index contributed by atoms with van der Waals surface area (Å²) < 4.78 is 61.3. The molecule has 105 heavy (non-hydrogen) atoms. The number of aliphatic hydroxyl groups is 2. The molecule has 18 heteroatoms. The molecule has 5 unspecified atom stereocenters. The average Bonchev–Trinajstić information content (AvgIpc) is 0.942. The third-order valence-corrected chi connectivity index (χ3v) is 19.6. The minimum atomic E-state index is -4.93. The van der Waals surface area contributed by atoms with E-state index in [4.69, 9.17) is 32.3 Å². The van der Waals surface area contributed by atoms with Crippen LogP contribution < -0.4 is 0 Å². The van der Waals surface area contributed by atoms with Gasteiger partial charge in [0.2, 0.25) is 0 Å². The normalized spacial score (nSPS) is 14.5. The second-order valence-electron chi connectivity index (χ2n) is 27.9. The molecule has 0 aliphatic heterocycles. The van der Waals surface area contributed by atoms with Gasteiger partial charge in [-0.15, -0.1) is 0 Å². The molecular formula is C87H152O16P2. The minimum absolute atomic E-state index is 0.107. The number of esters is 3. The maximum atomic E-state index is 13.0. The van der Waals surface area contributed by atoms with Crippen LogP contribution >= 0.6 is 15.6 Å². The molecule has 0 rings (SSSR count). The van der Waals surface area contributed by atoms with E-state index in [0.29, 0.717) is 19.3 Å². The number of ether oxygens (including phenoxy) is 3. The van der Waals surface area contributed by atoms with Crippen molar-refractivity contribution in [3.63, 3.8) is 0 Å². The van der Waals surface area contributed by atoms with Gasteiger partial charge in [0.1, 0.15) is 25.4 Å². The largest absolute Gasteiger partial charge is 0.472 e. The van der Waals surface area contributed by atoms with Crippen molar-refractivity contribution in [3.05, 3.63) is 122 Å². The van der Waals surface area contributed by atoms with Crippen molar-refractivity contribution < 1.29 is 75.8 Å². The third kappa shape index (κ3) is 80.8. The summed E-state index contributed by atoms with van der Waals surface area (Å²) in [4.78, 5) is 58.8. The fourth-order valence-corrected chi connectivity index (χ4v) is 12.9. The quantitative estimate of drug-likeness (QED) is 0.0146. The van der Waals surface area contributed by atoms with E-state index in [1.807, 2.05) is 0 Å². The highest BCUT2D eigenvalue weighted by Crippen LogP contribution is 2.45. The Bertz CT molecular complexity index is 2390. The lowest BCUT2D eigenvalue weighted by Crippen LogP contribution is -2.30. The van der Waals surface area contributed by atoms with Gasteiger partial charge in [-0.05, 0) is 116 Å². The lowest BCUT2D eigenvalue weighted by Gasteiger charge is -2.21. The van der Waals surface area contributed by atoms with Gasteiger partial charge in [0.25, 0.3) is 0 Å². The van der Waals surface area contributed by atoms with E-state index in [2.05, 4.69) is 142 Å². The smallest absolute Gasteiger partial charge is 0.463 e. The molecular weight excluding hydrogens is 1360 g/mol. The molecule has 0 fully saturated rings. The lowest BCUT2D eigenvalue weighted by atomic mass is 10.0. The summed E-state index contributed by atoms with van der Waals surface area (Å²) >= 11 is 0. The summed E-state index contributed by atoms with van der Waals surface area (Å²) in [7, 11) is -9.79. The van der Waals surface area contributed by atoms with E-state index in [0.717, 1.165) is 148 Å². The molecule has 0 aromatic rings. The predicted molar refractivity (Wildman–Crippen MR) is 436 cm³/mol. The van der Waals surface area contributed by atoms with Crippen LogP contribution in [0, 0.1) is 0 Å². The maximum Gasteiger partial charge on any atom is 0.472 e. The van der Waals surface area contributed by atoms with Crippen LogP contribution in [-0.4, -0.2) is 95.9 Å². The lowest BCUT2D eigenvalue weighted by molar-refractivity contribution is -0.161. The summed E-state index contributed by atoms with van der Waals surface area (Å²) in [5.74, 6) is -1.57. The monoisotopic (exact) mass is 1520 g/mol. The first-order valence-electron chi connectivity index (χ1n) is 41.8. The standard InChI is InChI=1S/C87H152O16P2/c1-4-7-10-13-16-19-22-25-28-30-32-34-36-38-40-42-44-46-48-50-53-55-58-61-64-67-70-73-85(90)97-76-82(88)77-99-104(93,94)100-78-83(89)79-101-105(95,96)102-81-84(103-87(92)75-72-69-66-63-60-57-52-27-24-21-18-15-12-9-6-3)80-98-86(91)74-71-68-65-62-59-56-54-51-49-47-45-43-41-39-37-35-33-31-29-26-23-20-17-14-11-8-5-2/h7,10,16-17,19-20,25-26,28-29,32-35,38-41,44,46,82-84,88-89H,4-6,8-9,11-15,18,21-24,27,30-31,36-37,42-43,45,47-81H2,1-3H3,(H,93,94)(H,95,96)/b10-7-,19-16-,20-17-,28-25-,29-26-,34-32-,35-33-,40-38-,41-39-,46-44-. The van der Waals surface area contributed by atoms with Crippen LogP contribution in [0.1, 0.15) is 355 Å². The highest BCUT2D eigenvalue weighted by atomic mass is 31.2. The van der Waals surface area contributed by atoms with Gasteiger partial charge in [0, 0.05) is 19.3 Å². The molecule has 0 spiro atoms. The maximum absolute atomic E-state index is 13.0. The van der Waals surface area contributed by atoms with Gasteiger partial charge in [-0.25, -0.2) is 9.13 Å². The number of carbonyl (C=O) groups is 3. The van der Waals surface area contributed by atoms with Gasteiger partial charge in [-0.3, -0.25) is 32.5 Å². The Morgan fingerprint density at radius 1 is 0.276 bits per heavy atom. The Morgan fingerprint density at radius 3 is 0.819 bits per heavy atom. The summed E-state index contributed by atoms with van der Waals surface area (Å²) in [6.45, 7) is 2.57. The number of rotatable bonds is 79. The first-order valence-corrected chi connectivity index (χ1v) is 44.8. The average molecular weight is 1520 g/mol. The molecule has 0 saturated heterocycles. The molecule has 16 nitrogen and oxygen atoms in total. The molecule has 0 aromatic heterocycles. The van der Waals surface area contributed by atoms with Crippen molar-refractivity contribution in [1.29, 1.82) is 0 Å². The second-order valence-corrected chi connectivity index (χ2v) is 30.8. The highest BCUT2D eigenvalue weighted by molar-refractivity contribution is 7.47. The SMILES string of the molecule is CC/C=C\C/C=C\C/C=C\C/C=C\C/C=C\C/C=C\CCCCCCCCCCC(=O)OCC(O)COP(=O)(O)OCC(O)COP(=O)(O)OCC(COC(=O)CCCCCCCCCCCCC/C=C\C/C=C\C/C=C\C/C=C\CCCCC)OC(=O)CCCCCCCCCCCCCCCCC. The van der Waals surface area contributed by atoms with Crippen LogP contribution in [0.5, 0.6) is 0 Å². The van der Waals surface area contributed by atoms with Crippen molar-refractivity contribution in [2.24, 2.45) is 0 Å². The van der Waals surface area contributed by atoms with Gasteiger partial charge < -0.3 is 34.2 Å². The van der Waals surface area contributed by atoms with E-state index >= 15 is 0 Å². The summed E-state index contributed by atoms with van der Waals surface area (Å²) in [5.41, 5.74) is 0. The first-order chi connectivity index (χ1) is 51.2. The van der Waals surface area contributed by atoms with Crippen LogP contribution in [-0.2, 0) is 55.8 Å². The van der Waals surface area contributed by atoms with Crippen LogP contribution in [0.3, 0.4) is 0 Å². The third-order valence-electron chi connectivity index (χ3n) is 17.7.